The lowest BCUT2D eigenvalue weighted by Crippen LogP contribution is -2.38. The van der Waals surface area contributed by atoms with E-state index >= 15 is 0 Å². The van der Waals surface area contributed by atoms with Gasteiger partial charge in [-0.3, -0.25) is 9.69 Å². The number of nitrogens with one attached hydrogen (secondary N) is 1. The lowest BCUT2D eigenvalue weighted by atomic mass is 10.0. The highest BCUT2D eigenvalue weighted by molar-refractivity contribution is 7.89. The molecule has 5 nitrogen and oxygen atoms in total. The van der Waals surface area contributed by atoms with Gasteiger partial charge in [0.2, 0.25) is 0 Å². The lowest BCUT2D eigenvalue weighted by molar-refractivity contribution is 0.0935. The Hall–Kier alpha value is -2.18. The van der Waals surface area contributed by atoms with Gasteiger partial charge < -0.3 is 5.32 Å². The molecule has 27 heavy (non-hydrogen) atoms. The van der Waals surface area contributed by atoms with Crippen molar-refractivity contribution in [2.75, 3.05) is 25.9 Å². The Labute approximate surface area is 162 Å². The van der Waals surface area contributed by atoms with Crippen LogP contribution in [0.3, 0.4) is 0 Å². The van der Waals surface area contributed by atoms with Gasteiger partial charge in [0.25, 0.3) is 5.91 Å². The summed E-state index contributed by atoms with van der Waals surface area (Å²) in [5, 5.41) is 3.02. The van der Waals surface area contributed by atoms with Crippen molar-refractivity contribution in [3.05, 3.63) is 71.3 Å². The Bertz CT molecular complexity index is 829. The van der Waals surface area contributed by atoms with Gasteiger partial charge in [-0.25, -0.2) is 8.42 Å². The van der Waals surface area contributed by atoms with Crippen LogP contribution in [0.5, 0.6) is 0 Å². The molecule has 0 heterocycles. The predicted octanol–water partition coefficient (Wildman–Crippen LogP) is 3.04. The van der Waals surface area contributed by atoms with Crippen molar-refractivity contribution >= 4 is 15.7 Å². The number of hydrogen-bond acceptors (Lipinski definition) is 4. The number of rotatable bonds is 9. The highest BCUT2D eigenvalue weighted by Gasteiger charge is 2.19. The monoisotopic (exact) mass is 388 g/mol. The summed E-state index contributed by atoms with van der Waals surface area (Å²) in [7, 11) is -3.08. The third-order valence-electron chi connectivity index (χ3n) is 4.54. The Kier molecular flexibility index (Phi) is 7.56. The molecular weight excluding hydrogens is 360 g/mol. The summed E-state index contributed by atoms with van der Waals surface area (Å²) in [6.45, 7) is 6.53. The number of sulfone groups is 1. The number of nitrogens with zero attached hydrogens (tertiary/aromatic N) is 1. The maximum atomic E-state index is 12.5. The summed E-state index contributed by atoms with van der Waals surface area (Å²) in [4.78, 5) is 14.8. The van der Waals surface area contributed by atoms with Crippen LogP contribution >= 0.6 is 0 Å². The van der Waals surface area contributed by atoms with E-state index in [1.165, 1.54) is 11.8 Å². The van der Waals surface area contributed by atoms with E-state index < -0.39 is 9.84 Å². The molecule has 0 spiro atoms. The number of carbonyl (C=O) groups excluding carboxylic acids is 1. The Balaban J connectivity index is 2.07. The number of benzene rings is 2. The Morgan fingerprint density at radius 1 is 1.00 bits per heavy atom. The quantitative estimate of drug-likeness (QED) is 0.717. The molecule has 2 aromatic carbocycles. The van der Waals surface area contributed by atoms with Crippen LogP contribution in [0.2, 0.25) is 0 Å². The van der Waals surface area contributed by atoms with Gasteiger partial charge in [-0.1, -0.05) is 56.3 Å². The zero-order chi connectivity index (χ0) is 19.9. The normalized spacial score (nSPS) is 12.7. The first-order valence-electron chi connectivity index (χ1n) is 9.18. The molecule has 0 radical (unpaired) electrons. The largest absolute Gasteiger partial charge is 0.350 e. The minimum absolute atomic E-state index is 0.0209. The molecule has 0 aliphatic rings. The molecule has 0 aliphatic carbocycles. The van der Waals surface area contributed by atoms with Gasteiger partial charge in [-0.2, -0.15) is 0 Å². The third kappa shape index (κ3) is 6.48. The van der Waals surface area contributed by atoms with Gasteiger partial charge in [0.05, 0.1) is 11.8 Å². The lowest BCUT2D eigenvalue weighted by Gasteiger charge is -2.30. The predicted molar refractivity (Wildman–Crippen MR) is 109 cm³/mol. The maximum absolute atomic E-state index is 12.5. The van der Waals surface area contributed by atoms with Crippen molar-refractivity contribution < 1.29 is 13.2 Å². The molecule has 0 saturated carbocycles. The van der Waals surface area contributed by atoms with E-state index in [9.17, 15) is 13.2 Å². The van der Waals surface area contributed by atoms with E-state index in [1.807, 2.05) is 18.2 Å². The second-order valence-corrected chi connectivity index (χ2v) is 8.76. The molecule has 1 N–H and O–H groups in total. The molecular formula is C21H28N2O3S. The fourth-order valence-corrected chi connectivity index (χ4v) is 3.94. The molecule has 0 aromatic heterocycles. The molecule has 0 fully saturated rings. The van der Waals surface area contributed by atoms with Crippen LogP contribution in [-0.4, -0.2) is 45.1 Å². The van der Waals surface area contributed by atoms with E-state index in [0.717, 1.165) is 13.1 Å². The van der Waals surface area contributed by atoms with Gasteiger partial charge in [-0.15, -0.1) is 0 Å². The molecule has 1 atom stereocenters. The average Bonchev–Trinajstić information content (AvgIpc) is 2.65. The van der Waals surface area contributed by atoms with Crippen molar-refractivity contribution in [3.8, 4) is 0 Å². The van der Waals surface area contributed by atoms with Crippen LogP contribution in [0.1, 0.15) is 41.4 Å². The molecule has 146 valence electrons. The number of amides is 1. The van der Waals surface area contributed by atoms with E-state index in [2.05, 4.69) is 36.2 Å². The zero-order valence-corrected chi connectivity index (χ0v) is 17.0. The van der Waals surface area contributed by atoms with E-state index in [4.69, 9.17) is 0 Å². The average molecular weight is 389 g/mol. The van der Waals surface area contributed by atoms with Crippen LogP contribution in [0, 0.1) is 0 Å². The fourth-order valence-electron chi connectivity index (χ4n) is 3.14. The van der Waals surface area contributed by atoms with Crippen LogP contribution in [0.4, 0.5) is 0 Å². The minimum Gasteiger partial charge on any atom is -0.350 e. The number of hydrogen-bond donors (Lipinski definition) is 1. The summed E-state index contributed by atoms with van der Waals surface area (Å²) in [5.41, 5.74) is 2.38. The summed E-state index contributed by atoms with van der Waals surface area (Å²) in [6, 6.07) is 17.0. The van der Waals surface area contributed by atoms with Crippen LogP contribution < -0.4 is 5.32 Å². The summed E-state index contributed by atoms with van der Waals surface area (Å²) < 4.78 is 22.7. The van der Waals surface area contributed by atoms with Gasteiger partial charge in [0, 0.05) is 18.4 Å². The van der Waals surface area contributed by atoms with Crippen molar-refractivity contribution in [2.45, 2.75) is 25.6 Å². The molecule has 1 unspecified atom stereocenters. The smallest absolute Gasteiger partial charge is 0.251 e. The first-order chi connectivity index (χ1) is 12.8. The van der Waals surface area contributed by atoms with Crippen molar-refractivity contribution in [3.63, 3.8) is 0 Å². The van der Waals surface area contributed by atoms with Crippen LogP contribution in [0.15, 0.2) is 54.6 Å². The van der Waals surface area contributed by atoms with Crippen LogP contribution in [-0.2, 0) is 15.6 Å². The summed E-state index contributed by atoms with van der Waals surface area (Å²) >= 11 is 0. The SMILES string of the molecule is CCN(CC)C(CNC(=O)c1ccc(CS(C)(=O)=O)cc1)c1ccccc1. The molecule has 0 aliphatic heterocycles. The Morgan fingerprint density at radius 3 is 2.11 bits per heavy atom. The van der Waals surface area contributed by atoms with E-state index in [0.29, 0.717) is 17.7 Å². The van der Waals surface area contributed by atoms with Crippen LogP contribution in [0.25, 0.3) is 0 Å². The highest BCUT2D eigenvalue weighted by atomic mass is 32.2. The summed E-state index contributed by atoms with van der Waals surface area (Å²) in [5.74, 6) is -0.179. The van der Waals surface area contributed by atoms with E-state index in [1.54, 1.807) is 24.3 Å². The number of likely N-dealkylation sites (N-methyl/N-ethyl adjacent to an activating group) is 1. The molecule has 0 saturated heterocycles. The van der Waals surface area contributed by atoms with Gasteiger partial charge >= 0.3 is 0 Å². The topological polar surface area (TPSA) is 66.5 Å². The molecule has 6 heteroatoms. The summed E-state index contributed by atoms with van der Waals surface area (Å²) in [6.07, 6.45) is 1.20. The van der Waals surface area contributed by atoms with Gasteiger partial charge in [0.15, 0.2) is 9.84 Å². The molecule has 1 amide bonds. The van der Waals surface area contributed by atoms with Crippen molar-refractivity contribution in [2.24, 2.45) is 0 Å². The highest BCUT2D eigenvalue weighted by Crippen LogP contribution is 2.19. The van der Waals surface area contributed by atoms with Gasteiger partial charge in [-0.05, 0) is 36.3 Å². The molecule has 2 rings (SSSR count). The minimum atomic E-state index is -3.08. The van der Waals surface area contributed by atoms with Gasteiger partial charge in [0.1, 0.15) is 0 Å². The second-order valence-electron chi connectivity index (χ2n) is 6.62. The Morgan fingerprint density at radius 2 is 1.59 bits per heavy atom. The third-order valence-corrected chi connectivity index (χ3v) is 5.40. The first kappa shape index (κ1) is 21.1. The maximum Gasteiger partial charge on any atom is 0.251 e. The second kappa shape index (κ2) is 9.67. The zero-order valence-electron chi connectivity index (χ0n) is 16.2. The first-order valence-corrected chi connectivity index (χ1v) is 11.2. The standard InChI is InChI=1S/C21H28N2O3S/c1-4-23(5-2)20(18-9-7-6-8-10-18)15-22-21(24)19-13-11-17(12-14-19)16-27(3,25)26/h6-14,20H,4-5,15-16H2,1-3H3,(H,22,24). The molecule has 2 aromatic rings. The van der Waals surface area contributed by atoms with E-state index in [-0.39, 0.29) is 17.7 Å². The number of carbonyl (C=O) groups is 1. The molecule has 0 bridgehead atoms. The fraction of sp³-hybridized carbons (Fsp3) is 0.381. The van der Waals surface area contributed by atoms with Crippen molar-refractivity contribution in [1.82, 2.24) is 10.2 Å². The van der Waals surface area contributed by atoms with Crippen molar-refractivity contribution in [1.29, 1.82) is 0 Å².